The Labute approximate surface area is 224 Å². The average Bonchev–Trinajstić information content (AvgIpc) is 3.13. The number of fused-ring (bicyclic) bond motifs is 1. The highest BCUT2D eigenvalue weighted by molar-refractivity contribution is 7.92. The molecule has 0 fully saturated rings. The molecule has 1 atom stereocenters. The number of rotatable bonds is 7. The molecule has 0 aliphatic rings. The van der Waals surface area contributed by atoms with Crippen LogP contribution in [-0.4, -0.2) is 18.4 Å². The van der Waals surface area contributed by atoms with Crippen LogP contribution in [0.3, 0.4) is 0 Å². The zero-order valence-corrected chi connectivity index (χ0v) is 23.4. The quantitative estimate of drug-likeness (QED) is 0.246. The van der Waals surface area contributed by atoms with E-state index in [1.807, 2.05) is 32.0 Å². The van der Waals surface area contributed by atoms with Gasteiger partial charge in [-0.25, -0.2) is 12.8 Å². The van der Waals surface area contributed by atoms with Gasteiger partial charge in [0.25, 0.3) is 10.0 Å². The topological polar surface area (TPSA) is 66.1 Å². The maximum atomic E-state index is 14.2. The molecule has 5 nitrogen and oxygen atoms in total. The second kappa shape index (κ2) is 10.7. The maximum Gasteiger partial charge on any atom is 0.264 e. The summed E-state index contributed by atoms with van der Waals surface area (Å²) in [4.78, 5) is 8.18. The molecule has 37 heavy (non-hydrogen) atoms. The van der Waals surface area contributed by atoms with Crippen molar-refractivity contribution in [2.45, 2.75) is 57.4 Å². The Balaban J connectivity index is 0.00000380. The lowest BCUT2D eigenvalue weighted by Gasteiger charge is -2.32. The van der Waals surface area contributed by atoms with Gasteiger partial charge in [-0.05, 0) is 79.3 Å². The van der Waals surface area contributed by atoms with Crippen molar-refractivity contribution in [1.82, 2.24) is 9.97 Å². The predicted octanol–water partition coefficient (Wildman–Crippen LogP) is 7.55. The molecular formula is C29H33ClFN3O2S. The van der Waals surface area contributed by atoms with Gasteiger partial charge >= 0.3 is 0 Å². The Hall–Kier alpha value is -3.16. The fourth-order valence-electron chi connectivity index (χ4n) is 4.45. The standard InChI is InChI=1S/C29H32FN3O2S.ClH/c1-7-8-26(28-27-25(17-18-31-28)19(2)20(3)32-27)33(23-13-11-22(30)12-14-23)36(34,35)24-15-9-21(10-16-24)29(4,5)6;/h7,9-18,26,32H,1,8H2,2-6H3;1H. The van der Waals surface area contributed by atoms with E-state index in [1.165, 1.54) is 28.6 Å². The minimum Gasteiger partial charge on any atom is -0.357 e. The van der Waals surface area contributed by atoms with Crippen molar-refractivity contribution in [3.05, 3.63) is 102 Å². The van der Waals surface area contributed by atoms with Crippen molar-refractivity contribution in [2.75, 3.05) is 4.31 Å². The van der Waals surface area contributed by atoms with Crippen molar-refractivity contribution in [3.8, 4) is 0 Å². The molecule has 1 unspecified atom stereocenters. The number of sulfonamides is 1. The molecule has 2 aromatic carbocycles. The number of benzene rings is 2. The molecule has 8 heteroatoms. The van der Waals surface area contributed by atoms with Gasteiger partial charge in [-0.15, -0.1) is 19.0 Å². The van der Waals surface area contributed by atoms with Crippen molar-refractivity contribution in [3.63, 3.8) is 0 Å². The number of aromatic amines is 1. The summed E-state index contributed by atoms with van der Waals surface area (Å²) in [5, 5.41) is 0.984. The van der Waals surface area contributed by atoms with Crippen LogP contribution in [0.4, 0.5) is 10.1 Å². The van der Waals surface area contributed by atoms with Gasteiger partial charge in [0.15, 0.2) is 0 Å². The first-order chi connectivity index (χ1) is 16.9. The monoisotopic (exact) mass is 541 g/mol. The number of H-pyrrole nitrogens is 1. The van der Waals surface area contributed by atoms with Crippen LogP contribution in [0.2, 0.25) is 0 Å². The molecule has 2 aromatic heterocycles. The molecule has 0 bridgehead atoms. The van der Waals surface area contributed by atoms with E-state index in [9.17, 15) is 12.8 Å². The molecular weight excluding hydrogens is 509 g/mol. The summed E-state index contributed by atoms with van der Waals surface area (Å²) in [5.74, 6) is -0.443. The summed E-state index contributed by atoms with van der Waals surface area (Å²) in [6.45, 7) is 14.1. The number of nitrogens with one attached hydrogen (secondary N) is 1. The Morgan fingerprint density at radius 1 is 1.05 bits per heavy atom. The number of hydrogen-bond acceptors (Lipinski definition) is 3. The van der Waals surface area contributed by atoms with E-state index in [4.69, 9.17) is 0 Å². The van der Waals surface area contributed by atoms with E-state index >= 15 is 0 Å². The number of pyridine rings is 1. The average molecular weight is 542 g/mol. The molecule has 0 spiro atoms. The lowest BCUT2D eigenvalue weighted by Crippen LogP contribution is -2.35. The first-order valence-electron chi connectivity index (χ1n) is 11.9. The number of nitrogens with zero attached hydrogens (tertiary/aromatic N) is 2. The van der Waals surface area contributed by atoms with Gasteiger partial charge < -0.3 is 4.98 Å². The summed E-state index contributed by atoms with van der Waals surface area (Å²) in [6.07, 6.45) is 3.68. The molecule has 0 aliphatic carbocycles. The smallest absolute Gasteiger partial charge is 0.264 e. The first kappa shape index (κ1) is 28.4. The maximum absolute atomic E-state index is 14.2. The third-order valence-corrected chi connectivity index (χ3v) is 8.46. The highest BCUT2D eigenvalue weighted by Gasteiger charge is 2.35. The number of hydrogen-bond donors (Lipinski definition) is 1. The second-order valence-corrected chi connectivity index (χ2v) is 11.9. The number of anilines is 1. The Morgan fingerprint density at radius 3 is 2.24 bits per heavy atom. The number of aromatic nitrogens is 2. The largest absolute Gasteiger partial charge is 0.357 e. The number of aryl methyl sites for hydroxylation is 2. The van der Waals surface area contributed by atoms with E-state index in [0.717, 1.165) is 27.7 Å². The van der Waals surface area contributed by atoms with Crippen LogP contribution in [0.25, 0.3) is 10.9 Å². The molecule has 0 aliphatic heterocycles. The normalized spacial score (nSPS) is 12.7. The van der Waals surface area contributed by atoms with Crippen LogP contribution in [0.15, 0.2) is 78.3 Å². The Bertz CT molecular complexity index is 1510. The van der Waals surface area contributed by atoms with E-state index in [-0.39, 0.29) is 22.7 Å². The molecule has 0 saturated heterocycles. The van der Waals surface area contributed by atoms with Gasteiger partial charge in [0.2, 0.25) is 0 Å². The lowest BCUT2D eigenvalue weighted by atomic mass is 9.87. The summed E-state index contributed by atoms with van der Waals surface area (Å²) >= 11 is 0. The summed E-state index contributed by atoms with van der Waals surface area (Å²) in [6, 6.07) is 13.7. The number of halogens is 2. The molecule has 2 heterocycles. The van der Waals surface area contributed by atoms with Crippen molar-refractivity contribution >= 4 is 39.0 Å². The predicted molar refractivity (Wildman–Crippen MR) is 152 cm³/mol. The van der Waals surface area contributed by atoms with Crippen LogP contribution < -0.4 is 4.31 Å². The highest BCUT2D eigenvalue weighted by Crippen LogP contribution is 2.38. The van der Waals surface area contributed by atoms with E-state index in [1.54, 1.807) is 24.4 Å². The summed E-state index contributed by atoms with van der Waals surface area (Å²) in [7, 11) is -4.06. The fraction of sp³-hybridized carbons (Fsp3) is 0.276. The lowest BCUT2D eigenvalue weighted by molar-refractivity contribution is 0.573. The van der Waals surface area contributed by atoms with E-state index in [2.05, 4.69) is 37.3 Å². The zero-order valence-electron chi connectivity index (χ0n) is 21.7. The van der Waals surface area contributed by atoms with E-state index < -0.39 is 21.9 Å². The Kier molecular flexibility index (Phi) is 8.20. The minimum atomic E-state index is -4.06. The van der Waals surface area contributed by atoms with Crippen LogP contribution in [0.1, 0.15) is 55.7 Å². The van der Waals surface area contributed by atoms with Crippen molar-refractivity contribution < 1.29 is 12.8 Å². The molecule has 4 rings (SSSR count). The molecule has 1 N–H and O–H groups in total. The van der Waals surface area contributed by atoms with Gasteiger partial charge in [0.1, 0.15) is 5.82 Å². The van der Waals surface area contributed by atoms with Crippen LogP contribution in [-0.2, 0) is 15.4 Å². The van der Waals surface area contributed by atoms with Crippen LogP contribution in [0, 0.1) is 19.7 Å². The third-order valence-electron chi connectivity index (χ3n) is 6.61. The van der Waals surface area contributed by atoms with Crippen LogP contribution >= 0.6 is 12.4 Å². The van der Waals surface area contributed by atoms with Gasteiger partial charge in [-0.1, -0.05) is 39.0 Å². The van der Waals surface area contributed by atoms with Crippen LogP contribution in [0.5, 0.6) is 0 Å². The molecule has 4 aromatic rings. The van der Waals surface area contributed by atoms with Gasteiger partial charge in [0.05, 0.1) is 27.8 Å². The SMILES string of the molecule is C=CCC(c1nccc2c(C)c(C)[nH]c12)N(c1ccc(F)cc1)S(=O)(=O)c1ccc(C(C)(C)C)cc1.Cl. The van der Waals surface area contributed by atoms with E-state index in [0.29, 0.717) is 17.8 Å². The molecule has 0 radical (unpaired) electrons. The molecule has 196 valence electrons. The Morgan fingerprint density at radius 2 is 1.68 bits per heavy atom. The third kappa shape index (κ3) is 5.43. The molecule has 0 saturated carbocycles. The summed E-state index contributed by atoms with van der Waals surface area (Å²) < 4.78 is 43.7. The zero-order chi connectivity index (χ0) is 26.3. The van der Waals surface area contributed by atoms with Crippen molar-refractivity contribution in [2.24, 2.45) is 0 Å². The fourth-order valence-corrected chi connectivity index (χ4v) is 6.08. The van der Waals surface area contributed by atoms with Gasteiger partial charge in [-0.2, -0.15) is 0 Å². The van der Waals surface area contributed by atoms with Gasteiger partial charge in [-0.3, -0.25) is 9.29 Å². The van der Waals surface area contributed by atoms with Crippen molar-refractivity contribution in [1.29, 1.82) is 0 Å². The van der Waals surface area contributed by atoms with Gasteiger partial charge in [0, 0.05) is 17.3 Å². The second-order valence-electron chi connectivity index (χ2n) is 10.1. The summed E-state index contributed by atoms with van der Waals surface area (Å²) in [5.41, 5.74) is 4.70. The minimum absolute atomic E-state index is 0. The highest BCUT2D eigenvalue weighted by atomic mass is 35.5. The molecule has 0 amide bonds. The first-order valence-corrected chi connectivity index (χ1v) is 13.3.